The van der Waals surface area contributed by atoms with Crippen LogP contribution in [0.3, 0.4) is 0 Å². The Morgan fingerprint density at radius 3 is 1.92 bits per heavy atom. The Kier molecular flexibility index (Phi) is 9.56. The number of rotatable bonds is 6. The fraction of sp³-hybridized carbons (Fsp3) is 0.0690. The van der Waals surface area contributed by atoms with Crippen molar-refractivity contribution in [2.75, 3.05) is 0 Å². The van der Waals surface area contributed by atoms with E-state index >= 15 is 0 Å². The molecule has 1 aliphatic heterocycles. The monoisotopic (exact) mass is 1000 g/mol. The third-order valence-corrected chi connectivity index (χ3v) is 12.5. The number of benzene rings is 7. The maximum atomic E-state index is 5.60. The van der Waals surface area contributed by atoms with Gasteiger partial charge in [0.05, 0.1) is 22.5 Å². The molecule has 10 aromatic rings. The number of hydrogen-bond acceptors (Lipinski definition) is 1. The summed E-state index contributed by atoms with van der Waals surface area (Å²) in [5.74, 6) is 1.66. The van der Waals surface area contributed by atoms with Crippen LogP contribution in [0, 0.1) is 12.4 Å². The van der Waals surface area contributed by atoms with Crippen LogP contribution in [0.25, 0.3) is 106 Å². The summed E-state index contributed by atoms with van der Waals surface area (Å²) in [5, 5.41) is 4.61. The molecular formula is C58H41N5Pt-2. The van der Waals surface area contributed by atoms with E-state index in [1.54, 1.807) is 0 Å². The van der Waals surface area contributed by atoms with Gasteiger partial charge < -0.3 is 9.55 Å². The fourth-order valence-corrected chi connectivity index (χ4v) is 9.48. The van der Waals surface area contributed by atoms with Crippen LogP contribution in [-0.2, 0) is 26.5 Å². The number of para-hydroxylation sites is 4. The zero-order valence-corrected chi connectivity index (χ0v) is 37.8. The molecule has 0 unspecified atom stereocenters. The van der Waals surface area contributed by atoms with E-state index in [-0.39, 0.29) is 26.5 Å². The van der Waals surface area contributed by atoms with E-state index in [1.807, 2.05) is 6.20 Å². The molecule has 3 aromatic heterocycles. The first-order chi connectivity index (χ1) is 30.9. The Morgan fingerprint density at radius 2 is 1.20 bits per heavy atom. The molecule has 7 aromatic carbocycles. The van der Waals surface area contributed by atoms with Crippen LogP contribution in [0.5, 0.6) is 0 Å². The number of nitrogens with zero attached hydrogens (tertiary/aromatic N) is 5. The van der Waals surface area contributed by atoms with Crippen molar-refractivity contribution in [1.82, 2.24) is 19.1 Å². The first kappa shape index (κ1) is 39.5. The molecule has 2 aliphatic rings. The molecule has 0 spiro atoms. The number of fused-ring (bicyclic) bond motifs is 7. The van der Waals surface area contributed by atoms with Crippen LogP contribution in [0.1, 0.15) is 26.3 Å². The predicted octanol–water partition coefficient (Wildman–Crippen LogP) is 13.5. The van der Waals surface area contributed by atoms with Gasteiger partial charge in [0.1, 0.15) is 5.82 Å². The average Bonchev–Trinajstić information content (AvgIpc) is 3.99. The van der Waals surface area contributed by atoms with Crippen molar-refractivity contribution in [2.24, 2.45) is 0 Å². The summed E-state index contributed by atoms with van der Waals surface area (Å²) < 4.78 is 6.61. The summed E-state index contributed by atoms with van der Waals surface area (Å²) >= 11 is 0. The van der Waals surface area contributed by atoms with Gasteiger partial charge in [0.15, 0.2) is 0 Å². The quantitative estimate of drug-likeness (QED) is 0.123. The minimum Gasteiger partial charge on any atom is -0.441 e. The summed E-state index contributed by atoms with van der Waals surface area (Å²) in [6, 6.07) is 70.7. The summed E-state index contributed by atoms with van der Waals surface area (Å²) in [6.07, 6.45) is 5.76. The molecule has 0 atom stereocenters. The molecule has 0 N–H and O–H groups in total. The minimum absolute atomic E-state index is 0. The Morgan fingerprint density at radius 1 is 0.562 bits per heavy atom. The van der Waals surface area contributed by atoms with Crippen LogP contribution in [0.15, 0.2) is 194 Å². The Balaban J connectivity index is 0.00000456. The summed E-state index contributed by atoms with van der Waals surface area (Å²) in [7, 11) is 0. The van der Waals surface area contributed by atoms with Gasteiger partial charge in [-0.1, -0.05) is 201 Å². The van der Waals surface area contributed by atoms with E-state index in [0.717, 1.165) is 100 Å². The SMILES string of the molecule is CC(C)(C)c1ccnc(-n2c3[c-]c(-c4c5[n-]c(-n6[c-][n+](-c7c(-c8ccccc8)cccc7-c7ccccc7)c7ccccc76)ccc-5c5ccccc45)ccc3c3ccccc32)c1.[Pt]. The Labute approximate surface area is 386 Å². The molecule has 12 rings (SSSR count). The van der Waals surface area contributed by atoms with E-state index < -0.39 is 0 Å². The predicted molar refractivity (Wildman–Crippen MR) is 257 cm³/mol. The molecule has 5 nitrogen and oxygen atoms in total. The molecular weight excluding hydrogens is 962 g/mol. The van der Waals surface area contributed by atoms with E-state index in [9.17, 15) is 0 Å². The van der Waals surface area contributed by atoms with Crippen molar-refractivity contribution in [3.63, 3.8) is 0 Å². The smallest absolute Gasteiger partial charge is 0.269 e. The molecule has 4 heterocycles. The maximum Gasteiger partial charge on any atom is 0.269 e. The van der Waals surface area contributed by atoms with Crippen molar-refractivity contribution in [2.45, 2.75) is 26.2 Å². The van der Waals surface area contributed by atoms with Crippen molar-refractivity contribution in [3.8, 4) is 62.0 Å². The van der Waals surface area contributed by atoms with E-state index in [2.05, 4.69) is 235 Å². The van der Waals surface area contributed by atoms with Gasteiger partial charge in [0.2, 0.25) is 0 Å². The largest absolute Gasteiger partial charge is 0.441 e. The van der Waals surface area contributed by atoms with Crippen LogP contribution in [0.4, 0.5) is 0 Å². The summed E-state index contributed by atoms with van der Waals surface area (Å²) in [6.45, 7) is 6.73. The summed E-state index contributed by atoms with van der Waals surface area (Å²) in [4.78, 5) is 10.5. The van der Waals surface area contributed by atoms with Gasteiger partial charge in [0, 0.05) is 32.8 Å². The Hall–Kier alpha value is -7.33. The van der Waals surface area contributed by atoms with Gasteiger partial charge in [0.25, 0.3) is 6.33 Å². The molecule has 0 fully saturated rings. The standard InChI is InChI=1S/C58H41N5.Pt/c1-58(2,3)41-33-34-59-54(36-41)63-49-26-13-12-22-45(49)46-30-29-40(35-52(46)63)55-47-23-11-10-21-44(47)48-31-32-53(60-56(48)55)61-37-62(51-28-15-14-27-50(51)61)57-42(38-17-6-4-7-18-38)24-16-25-43(57)39-19-8-5-9-20-39;/h4-34,36H,1-3H3;/q-2;. The number of imidazole rings is 1. The minimum atomic E-state index is -0.0287. The zero-order chi connectivity index (χ0) is 42.2. The molecule has 6 heteroatoms. The van der Waals surface area contributed by atoms with Gasteiger partial charge >= 0.3 is 0 Å². The van der Waals surface area contributed by atoms with Crippen molar-refractivity contribution < 1.29 is 25.6 Å². The second kappa shape index (κ2) is 15.5. The molecule has 0 saturated heterocycles. The van der Waals surface area contributed by atoms with Crippen LogP contribution in [0.2, 0.25) is 0 Å². The van der Waals surface area contributed by atoms with Crippen LogP contribution < -0.4 is 9.55 Å². The van der Waals surface area contributed by atoms with Gasteiger partial charge in [-0.2, -0.15) is 0 Å². The third-order valence-electron chi connectivity index (χ3n) is 12.5. The second-order valence-electron chi connectivity index (χ2n) is 17.3. The van der Waals surface area contributed by atoms with Crippen LogP contribution >= 0.6 is 0 Å². The topological polar surface area (TPSA) is 40.7 Å². The van der Waals surface area contributed by atoms with E-state index in [1.165, 1.54) is 10.9 Å². The normalized spacial score (nSPS) is 11.9. The third kappa shape index (κ3) is 6.33. The van der Waals surface area contributed by atoms with Gasteiger partial charge in [-0.15, -0.1) is 23.8 Å². The maximum absolute atomic E-state index is 5.60. The molecule has 310 valence electrons. The first-order valence-electron chi connectivity index (χ1n) is 21.5. The molecule has 0 amide bonds. The number of hydrogen-bond donors (Lipinski definition) is 0. The molecule has 1 aliphatic carbocycles. The Bertz CT molecular complexity index is 3610. The number of aromatic nitrogens is 5. The van der Waals surface area contributed by atoms with Crippen molar-refractivity contribution in [3.05, 3.63) is 212 Å². The number of pyridine rings is 2. The molecule has 0 bridgehead atoms. The van der Waals surface area contributed by atoms with Gasteiger partial charge in [-0.3, -0.25) is 9.13 Å². The van der Waals surface area contributed by atoms with E-state index in [4.69, 9.17) is 9.97 Å². The van der Waals surface area contributed by atoms with Crippen molar-refractivity contribution in [1.29, 1.82) is 0 Å². The zero-order valence-electron chi connectivity index (χ0n) is 35.5. The average molecular weight is 1000 g/mol. The molecule has 64 heavy (non-hydrogen) atoms. The molecule has 0 radical (unpaired) electrons. The van der Waals surface area contributed by atoms with E-state index in [0.29, 0.717) is 0 Å². The first-order valence-corrected chi connectivity index (χ1v) is 21.5. The fourth-order valence-electron chi connectivity index (χ4n) is 9.48. The van der Waals surface area contributed by atoms with Crippen molar-refractivity contribution >= 4 is 43.6 Å². The van der Waals surface area contributed by atoms with Gasteiger partial charge in [-0.25, -0.2) is 4.98 Å². The van der Waals surface area contributed by atoms with Crippen LogP contribution in [-0.4, -0.2) is 14.1 Å². The van der Waals surface area contributed by atoms with Gasteiger partial charge in [-0.05, 0) is 73.3 Å². The molecule has 0 saturated carbocycles. The second-order valence-corrected chi connectivity index (χ2v) is 17.3. The summed E-state index contributed by atoms with van der Waals surface area (Å²) in [5.41, 5.74) is 15.0.